The largest absolute Gasteiger partial charge is 0.331 e. The molecule has 0 bridgehead atoms. The number of sulfonamides is 1. The van der Waals surface area contributed by atoms with Crippen molar-refractivity contribution in [1.29, 1.82) is 0 Å². The summed E-state index contributed by atoms with van der Waals surface area (Å²) in [6.07, 6.45) is 0.213. The van der Waals surface area contributed by atoms with Crippen LogP contribution in [0.2, 0.25) is 0 Å². The number of hydrogen-bond donors (Lipinski definition) is 2. The summed E-state index contributed by atoms with van der Waals surface area (Å²) in [5.74, 6) is 0.0208. The number of Topliss-reactive ketones (excluding diaryl/α,β-unsaturated/α-hetero) is 1. The van der Waals surface area contributed by atoms with Crippen molar-refractivity contribution in [2.24, 2.45) is 5.10 Å². The molecule has 2 aromatic rings. The standard InChI is InChI=1S/C19H20N4O3S2/c1-12-8-9-13(28(25,26)23(2)3)10-16(12)20-19(27)22-21-17-11-18(24)15-7-5-4-6-14(15)17/h4-10H,11H2,1-3H3,(H2,20,22,27). The summed E-state index contributed by atoms with van der Waals surface area (Å²) >= 11 is 5.27. The van der Waals surface area contributed by atoms with Gasteiger partial charge in [-0.05, 0) is 36.8 Å². The van der Waals surface area contributed by atoms with Crippen molar-refractivity contribution in [2.45, 2.75) is 18.2 Å². The molecule has 0 saturated heterocycles. The van der Waals surface area contributed by atoms with Crippen LogP contribution in [0.1, 0.15) is 27.9 Å². The molecule has 2 N–H and O–H groups in total. The van der Waals surface area contributed by atoms with Crippen molar-refractivity contribution in [3.63, 3.8) is 0 Å². The van der Waals surface area contributed by atoms with Crippen molar-refractivity contribution >= 4 is 44.5 Å². The van der Waals surface area contributed by atoms with Crippen molar-refractivity contribution < 1.29 is 13.2 Å². The fourth-order valence-electron chi connectivity index (χ4n) is 2.80. The van der Waals surface area contributed by atoms with Gasteiger partial charge in [0.05, 0.1) is 17.0 Å². The van der Waals surface area contributed by atoms with E-state index in [1.165, 1.54) is 20.2 Å². The molecule has 0 spiro atoms. The number of fused-ring (bicyclic) bond motifs is 1. The summed E-state index contributed by atoms with van der Waals surface area (Å²) in [6.45, 7) is 1.84. The first kappa shape index (κ1) is 20.1. The summed E-state index contributed by atoms with van der Waals surface area (Å²) < 4.78 is 25.8. The molecule has 0 heterocycles. The van der Waals surface area contributed by atoms with Crippen molar-refractivity contribution in [1.82, 2.24) is 9.73 Å². The number of benzene rings is 2. The Bertz CT molecular complexity index is 1090. The van der Waals surface area contributed by atoms with Crippen LogP contribution in [0.3, 0.4) is 0 Å². The lowest BCUT2D eigenvalue weighted by Gasteiger charge is -2.15. The van der Waals surface area contributed by atoms with Crippen LogP contribution in [0.4, 0.5) is 5.69 Å². The number of carbonyl (C=O) groups excluding carboxylic acids is 1. The van der Waals surface area contributed by atoms with E-state index in [0.29, 0.717) is 17.0 Å². The van der Waals surface area contributed by atoms with E-state index in [-0.39, 0.29) is 22.2 Å². The average Bonchev–Trinajstić information content (AvgIpc) is 2.98. The molecule has 0 radical (unpaired) electrons. The second-order valence-corrected chi connectivity index (χ2v) is 9.09. The topological polar surface area (TPSA) is 90.9 Å². The maximum absolute atomic E-state index is 12.3. The highest BCUT2D eigenvalue weighted by Crippen LogP contribution is 2.23. The molecule has 146 valence electrons. The van der Waals surface area contributed by atoms with Crippen molar-refractivity contribution in [2.75, 3.05) is 19.4 Å². The molecular weight excluding hydrogens is 396 g/mol. The molecule has 0 aromatic heterocycles. The van der Waals surface area contributed by atoms with Crippen LogP contribution in [0.5, 0.6) is 0 Å². The number of aryl methyl sites for hydroxylation is 1. The predicted octanol–water partition coefficient (Wildman–Crippen LogP) is 2.52. The minimum atomic E-state index is -3.55. The van der Waals surface area contributed by atoms with Crippen LogP contribution < -0.4 is 10.7 Å². The summed E-state index contributed by atoms with van der Waals surface area (Å²) in [5, 5.41) is 7.42. The Morgan fingerprint density at radius 2 is 1.82 bits per heavy atom. The van der Waals surface area contributed by atoms with Gasteiger partial charge in [-0.1, -0.05) is 30.3 Å². The fraction of sp³-hybridized carbons (Fsp3) is 0.211. The minimum Gasteiger partial charge on any atom is -0.331 e. The molecule has 0 fully saturated rings. The zero-order chi connectivity index (χ0) is 20.5. The zero-order valence-electron chi connectivity index (χ0n) is 15.7. The molecule has 0 aliphatic heterocycles. The van der Waals surface area contributed by atoms with E-state index >= 15 is 0 Å². The number of hydrazone groups is 1. The number of carbonyl (C=O) groups is 1. The Balaban J connectivity index is 1.77. The molecular formula is C19H20N4O3S2. The summed E-state index contributed by atoms with van der Waals surface area (Å²) in [6, 6.07) is 12.1. The van der Waals surface area contributed by atoms with Gasteiger partial charge in [0, 0.05) is 30.9 Å². The van der Waals surface area contributed by atoms with Gasteiger partial charge in [-0.15, -0.1) is 0 Å². The summed E-state index contributed by atoms with van der Waals surface area (Å²) in [5.41, 5.74) is 6.19. The molecule has 0 saturated carbocycles. The third kappa shape index (κ3) is 3.96. The summed E-state index contributed by atoms with van der Waals surface area (Å²) in [4.78, 5) is 12.2. The Morgan fingerprint density at radius 3 is 2.50 bits per heavy atom. The second kappa shape index (κ2) is 7.78. The third-order valence-corrected chi connectivity index (χ3v) is 6.40. The van der Waals surface area contributed by atoms with Crippen molar-refractivity contribution in [3.8, 4) is 0 Å². The van der Waals surface area contributed by atoms with Crippen LogP contribution in [-0.4, -0.2) is 43.4 Å². The number of ketones is 1. The van der Waals surface area contributed by atoms with Gasteiger partial charge < -0.3 is 5.32 Å². The Morgan fingerprint density at radius 1 is 1.14 bits per heavy atom. The van der Waals surface area contributed by atoms with E-state index in [1.807, 2.05) is 25.1 Å². The zero-order valence-corrected chi connectivity index (χ0v) is 17.3. The molecule has 3 rings (SSSR count). The van der Waals surface area contributed by atoms with E-state index in [9.17, 15) is 13.2 Å². The molecule has 0 unspecified atom stereocenters. The van der Waals surface area contributed by atoms with Gasteiger partial charge >= 0.3 is 0 Å². The predicted molar refractivity (Wildman–Crippen MR) is 113 cm³/mol. The number of nitrogens with one attached hydrogen (secondary N) is 2. The Hall–Kier alpha value is -2.62. The van der Waals surface area contributed by atoms with Gasteiger partial charge in [0.15, 0.2) is 10.9 Å². The van der Waals surface area contributed by atoms with E-state index in [0.717, 1.165) is 15.4 Å². The highest BCUT2D eigenvalue weighted by Gasteiger charge is 2.25. The second-order valence-electron chi connectivity index (χ2n) is 6.53. The monoisotopic (exact) mass is 416 g/mol. The number of hydrogen-bond acceptors (Lipinski definition) is 5. The number of nitrogens with zero attached hydrogens (tertiary/aromatic N) is 2. The molecule has 1 aliphatic carbocycles. The summed E-state index contributed by atoms with van der Waals surface area (Å²) in [7, 11) is -0.597. The lowest BCUT2D eigenvalue weighted by Crippen LogP contribution is -2.26. The molecule has 28 heavy (non-hydrogen) atoms. The first-order chi connectivity index (χ1) is 13.2. The highest BCUT2D eigenvalue weighted by molar-refractivity contribution is 7.89. The minimum absolute atomic E-state index is 0.0208. The molecule has 7 nitrogen and oxygen atoms in total. The quantitative estimate of drug-likeness (QED) is 0.588. The maximum Gasteiger partial charge on any atom is 0.242 e. The van der Waals surface area contributed by atoms with Crippen molar-refractivity contribution in [3.05, 3.63) is 59.2 Å². The van der Waals surface area contributed by atoms with Gasteiger partial charge in [-0.25, -0.2) is 12.7 Å². The normalized spacial score (nSPS) is 15.0. The Kier molecular flexibility index (Phi) is 5.59. The van der Waals surface area contributed by atoms with Crippen LogP contribution in [-0.2, 0) is 10.0 Å². The molecule has 9 heteroatoms. The molecule has 1 aliphatic rings. The Labute approximate surface area is 169 Å². The van der Waals surface area contributed by atoms with E-state index < -0.39 is 10.0 Å². The first-order valence-electron chi connectivity index (χ1n) is 8.49. The third-order valence-electron chi connectivity index (χ3n) is 4.39. The number of anilines is 1. The first-order valence-corrected chi connectivity index (χ1v) is 10.3. The van der Waals surface area contributed by atoms with Gasteiger partial charge in [0.1, 0.15) is 0 Å². The number of thiocarbonyl (C=S) groups is 1. The van der Waals surface area contributed by atoms with Crippen LogP contribution in [0.25, 0.3) is 0 Å². The van der Waals surface area contributed by atoms with Crippen LogP contribution in [0, 0.1) is 6.92 Å². The average molecular weight is 417 g/mol. The highest BCUT2D eigenvalue weighted by atomic mass is 32.2. The van der Waals surface area contributed by atoms with Crippen LogP contribution >= 0.6 is 12.2 Å². The van der Waals surface area contributed by atoms with Gasteiger partial charge in [-0.2, -0.15) is 5.10 Å². The number of rotatable bonds is 4. The maximum atomic E-state index is 12.3. The lowest BCUT2D eigenvalue weighted by molar-refractivity contribution is 0.101. The van der Waals surface area contributed by atoms with E-state index in [2.05, 4.69) is 15.8 Å². The smallest absolute Gasteiger partial charge is 0.242 e. The SMILES string of the molecule is Cc1ccc(S(=O)(=O)N(C)C)cc1NC(=S)NN=C1CC(=O)c2ccccc21. The van der Waals surface area contributed by atoms with Gasteiger partial charge in [0.25, 0.3) is 0 Å². The van der Waals surface area contributed by atoms with E-state index in [1.54, 1.807) is 18.2 Å². The molecule has 0 atom stereocenters. The van der Waals surface area contributed by atoms with E-state index in [4.69, 9.17) is 12.2 Å². The molecule has 2 aromatic carbocycles. The fourth-order valence-corrected chi connectivity index (χ4v) is 3.88. The van der Waals surface area contributed by atoms with Gasteiger partial charge in [-0.3, -0.25) is 10.2 Å². The van der Waals surface area contributed by atoms with Crippen LogP contribution in [0.15, 0.2) is 52.5 Å². The van der Waals surface area contributed by atoms with Gasteiger partial charge in [0.2, 0.25) is 10.0 Å². The lowest BCUT2D eigenvalue weighted by atomic mass is 10.1. The molecule has 0 amide bonds.